The Bertz CT molecular complexity index is 1280. The van der Waals surface area contributed by atoms with Crippen LogP contribution in [0.25, 0.3) is 0 Å². The maximum absolute atomic E-state index is 11.5. The Hall–Kier alpha value is -3.14. The number of carbonyl (C=O) groups is 3. The number of carboxylic acids is 3. The average molecular weight is 725 g/mol. The van der Waals surface area contributed by atoms with Crippen molar-refractivity contribution in [2.45, 2.75) is 12.8 Å². The van der Waals surface area contributed by atoms with Crippen LogP contribution in [-0.4, -0.2) is 122 Å². The normalized spacial score (nSPS) is 16.2. The molecule has 0 spiro atoms. The summed E-state index contributed by atoms with van der Waals surface area (Å²) in [6, 6.07) is 32.3. The van der Waals surface area contributed by atoms with Gasteiger partial charge in [-0.2, -0.15) is 0 Å². The van der Waals surface area contributed by atoms with E-state index in [1.165, 1.54) is 15.9 Å². The van der Waals surface area contributed by atoms with Crippen molar-refractivity contribution in [3.63, 3.8) is 0 Å². The molecule has 1 heterocycles. The maximum Gasteiger partial charge on any atom is 2.00 e. The maximum atomic E-state index is 11.5. The molecule has 1 fully saturated rings. The first kappa shape index (κ1) is 39.3. The Morgan fingerprint density at radius 1 is 0.479 bits per heavy atom. The van der Waals surface area contributed by atoms with Crippen molar-refractivity contribution in [1.29, 1.82) is 0 Å². The van der Waals surface area contributed by atoms with Gasteiger partial charge >= 0.3 is 17.1 Å². The van der Waals surface area contributed by atoms with Gasteiger partial charge in [-0.1, -0.05) is 54.6 Å². The van der Waals surface area contributed by atoms with Gasteiger partial charge in [0.2, 0.25) is 0 Å². The summed E-state index contributed by atoms with van der Waals surface area (Å²) in [7, 11) is -1.96. The van der Waals surface area contributed by atoms with Crippen LogP contribution in [0.3, 0.4) is 0 Å². The number of rotatable bonds is 14. The van der Waals surface area contributed by atoms with E-state index in [0.29, 0.717) is 52.4 Å². The van der Waals surface area contributed by atoms with E-state index in [-0.39, 0.29) is 36.7 Å². The molecule has 3 aromatic carbocycles. The molecule has 0 amide bonds. The van der Waals surface area contributed by atoms with Gasteiger partial charge in [-0.25, -0.2) is 0 Å². The summed E-state index contributed by atoms with van der Waals surface area (Å²) in [4.78, 5) is 41.9. The molecule has 0 atom stereocenters. The van der Waals surface area contributed by atoms with Crippen LogP contribution in [0.1, 0.15) is 12.8 Å². The summed E-state index contributed by atoms with van der Waals surface area (Å²) in [6.45, 7) is 3.36. The van der Waals surface area contributed by atoms with Crippen LogP contribution >= 0.6 is 7.26 Å². The molecule has 0 bridgehead atoms. The van der Waals surface area contributed by atoms with Gasteiger partial charge in [0.1, 0.15) is 23.2 Å². The van der Waals surface area contributed by atoms with Gasteiger partial charge in [-0.3, -0.25) is 14.7 Å². The average Bonchev–Trinajstić information content (AvgIpc) is 3.06. The summed E-state index contributed by atoms with van der Waals surface area (Å²) in [6.07, 6.45) is 2.86. The first-order valence-electron chi connectivity index (χ1n) is 16.3. The number of carboxylic acid groups (broad SMARTS) is 3. The predicted molar refractivity (Wildman–Crippen MR) is 180 cm³/mol. The van der Waals surface area contributed by atoms with E-state index < -0.39 is 25.2 Å². The van der Waals surface area contributed by atoms with Gasteiger partial charge in [0, 0.05) is 72.0 Å². The largest absolute Gasteiger partial charge is 2.00 e. The number of nitrogens with zero attached hydrogens (tertiary/aromatic N) is 4. The van der Waals surface area contributed by atoms with Crippen molar-refractivity contribution in [2.75, 3.05) is 84.7 Å². The fraction of sp³-hybridized carbons (Fsp3) is 0.417. The third-order valence-electron chi connectivity index (χ3n) is 8.80. The molecule has 0 aromatic heterocycles. The standard InChI is InChI=1S/C36H47N4O6P.Cu/c41-34(42)28-38-21-19-37(20-22-39(29-35(43)44)24-26-40(25-23-38)30-36(45)46)18-10-11-27-47(31-12-4-1-5-13-31,32-14-6-2-7-15-32)33-16-8-3-9-17-33;/h1-9,12-17H,10-11,18-30H2,(H2-,41,42,43,44,45,46);/q;+2/p-2/i;1+0. The van der Waals surface area contributed by atoms with E-state index in [2.05, 4.69) is 95.9 Å². The Morgan fingerprint density at radius 2 is 0.771 bits per heavy atom. The van der Waals surface area contributed by atoms with Crippen molar-refractivity contribution in [2.24, 2.45) is 0 Å². The summed E-state index contributed by atoms with van der Waals surface area (Å²) < 4.78 is 0. The first-order chi connectivity index (χ1) is 22.8. The number of hydrogen-bond donors (Lipinski definition) is 0. The molecule has 1 aliphatic rings. The Balaban J connectivity index is 0.00000625. The SMILES string of the molecule is O=C([O-])CN1CCN(CCCC[P+](c2ccccc2)(c2ccccc2)c2ccccc2)CCN(CC(=O)[O-])CCN(CC(=O)[O-])CC1.[64Cu+2]. The van der Waals surface area contributed by atoms with Crippen LogP contribution < -0.4 is 31.2 Å². The molecule has 12 heteroatoms. The van der Waals surface area contributed by atoms with Gasteiger partial charge in [-0.05, 0) is 55.8 Å². The Morgan fingerprint density at radius 3 is 1.06 bits per heavy atom. The van der Waals surface area contributed by atoms with E-state index >= 15 is 0 Å². The van der Waals surface area contributed by atoms with Crippen molar-refractivity contribution in [1.82, 2.24) is 19.6 Å². The summed E-state index contributed by atoms with van der Waals surface area (Å²) in [5, 5.41) is 38.4. The zero-order valence-electron chi connectivity index (χ0n) is 27.3. The quantitative estimate of drug-likeness (QED) is 0.107. The van der Waals surface area contributed by atoms with E-state index in [1.807, 2.05) is 0 Å². The zero-order valence-corrected chi connectivity index (χ0v) is 29.1. The molecule has 4 rings (SSSR count). The third-order valence-corrected chi connectivity index (χ3v) is 13.3. The molecule has 1 aliphatic heterocycles. The fourth-order valence-electron chi connectivity index (χ4n) is 6.39. The number of hydrogen-bond acceptors (Lipinski definition) is 10. The Labute approximate surface area is 295 Å². The molecule has 0 N–H and O–H groups in total. The number of unbranched alkanes of at least 4 members (excludes halogenated alkanes) is 1. The van der Waals surface area contributed by atoms with Gasteiger partial charge in [0.25, 0.3) is 0 Å². The van der Waals surface area contributed by atoms with E-state index in [9.17, 15) is 29.7 Å². The molecule has 0 unspecified atom stereocenters. The predicted octanol–water partition coefficient (Wildman–Crippen LogP) is -1.77. The van der Waals surface area contributed by atoms with Crippen LogP contribution in [0, 0.1) is 0 Å². The smallest absolute Gasteiger partial charge is 0.549 e. The van der Waals surface area contributed by atoms with Gasteiger partial charge < -0.3 is 34.6 Å². The Kier molecular flexibility index (Phi) is 16.7. The molecule has 48 heavy (non-hydrogen) atoms. The second kappa shape index (κ2) is 20.4. The van der Waals surface area contributed by atoms with Crippen molar-refractivity contribution >= 4 is 41.1 Å². The zero-order chi connectivity index (χ0) is 33.5. The molecule has 1 saturated heterocycles. The summed E-state index contributed by atoms with van der Waals surface area (Å²) >= 11 is 0. The number of benzene rings is 3. The van der Waals surface area contributed by atoms with Gasteiger partial charge in [0.15, 0.2) is 0 Å². The van der Waals surface area contributed by atoms with E-state index in [0.717, 1.165) is 25.5 Å². The molecule has 261 valence electrons. The van der Waals surface area contributed by atoms with Crippen LogP contribution in [0.15, 0.2) is 91.0 Å². The van der Waals surface area contributed by atoms with Crippen molar-refractivity contribution in [3.05, 3.63) is 91.0 Å². The topological polar surface area (TPSA) is 133 Å². The van der Waals surface area contributed by atoms with Crippen LogP contribution in [0.4, 0.5) is 0 Å². The third kappa shape index (κ3) is 12.1. The molecular weight excluding hydrogens is 679 g/mol. The fourth-order valence-corrected chi connectivity index (χ4v) is 10.8. The minimum Gasteiger partial charge on any atom is -0.549 e. The molecule has 10 nitrogen and oxygen atoms in total. The number of carbonyl (C=O) groups excluding carboxylic acids is 3. The second-order valence-corrected chi connectivity index (χ2v) is 15.6. The number of aliphatic carboxylic acids is 3. The molecular formula is C36H45CuN4O6P. The van der Waals surface area contributed by atoms with Crippen molar-refractivity contribution < 1.29 is 46.8 Å². The molecule has 1 radical (unpaired) electrons. The first-order valence-corrected chi connectivity index (χ1v) is 18.3. The minimum absolute atomic E-state index is 0. The molecule has 3 aromatic rings. The van der Waals surface area contributed by atoms with Crippen LogP contribution in [0.2, 0.25) is 0 Å². The van der Waals surface area contributed by atoms with E-state index in [4.69, 9.17) is 0 Å². The monoisotopic (exact) mass is 724 g/mol. The van der Waals surface area contributed by atoms with E-state index in [1.54, 1.807) is 14.7 Å². The van der Waals surface area contributed by atoms with Gasteiger partial charge in [-0.15, -0.1) is 0 Å². The van der Waals surface area contributed by atoms with Crippen LogP contribution in [-0.2, 0) is 31.5 Å². The second-order valence-electron chi connectivity index (χ2n) is 12.0. The minimum atomic E-state index is -1.96. The molecule has 0 saturated carbocycles. The summed E-state index contributed by atoms with van der Waals surface area (Å²) in [5.74, 6) is -3.60. The van der Waals surface area contributed by atoms with Gasteiger partial charge in [0.05, 0.1) is 24.1 Å². The summed E-state index contributed by atoms with van der Waals surface area (Å²) in [5.41, 5.74) is 0. The molecule has 0 aliphatic carbocycles. The van der Waals surface area contributed by atoms with Crippen molar-refractivity contribution in [3.8, 4) is 0 Å². The van der Waals surface area contributed by atoms with Crippen LogP contribution in [0.5, 0.6) is 0 Å².